The Hall–Kier alpha value is -1.84. The first-order valence-electron chi connectivity index (χ1n) is 4.63. The minimum Gasteiger partial charge on any atom is -0.447 e. The van der Waals surface area contributed by atoms with Crippen LogP contribution in [0.5, 0.6) is 0 Å². The summed E-state index contributed by atoms with van der Waals surface area (Å²) in [6, 6.07) is 5.05. The molecule has 4 heteroatoms. The Balaban J connectivity index is 2.05. The number of hydrogen-bond donors (Lipinski definition) is 1. The molecule has 1 aromatic carbocycles. The lowest BCUT2D eigenvalue weighted by Crippen LogP contribution is -2.00. The molecule has 0 saturated heterocycles. The molecule has 0 unspecified atom stereocenters. The Labute approximate surface area is 86.9 Å². The van der Waals surface area contributed by atoms with Crippen LogP contribution in [0, 0.1) is 12.7 Å². The largest absolute Gasteiger partial charge is 0.447 e. The van der Waals surface area contributed by atoms with Gasteiger partial charge in [-0.3, -0.25) is 0 Å². The molecule has 0 bridgehead atoms. The maximum Gasteiger partial charge on any atom is 0.180 e. The minimum absolute atomic E-state index is 0.255. The number of oxazole rings is 1. The van der Waals surface area contributed by atoms with E-state index < -0.39 is 0 Å². The normalized spacial score (nSPS) is 10.3. The lowest BCUT2D eigenvalue weighted by Gasteiger charge is -2.05. The molecule has 1 heterocycles. The highest BCUT2D eigenvalue weighted by atomic mass is 19.1. The van der Waals surface area contributed by atoms with E-state index in [1.165, 1.54) is 12.5 Å². The first kappa shape index (κ1) is 9.71. The molecule has 0 atom stereocenters. The number of aryl methyl sites for hydroxylation is 1. The van der Waals surface area contributed by atoms with Crippen molar-refractivity contribution < 1.29 is 8.81 Å². The monoisotopic (exact) mass is 206 g/mol. The molecule has 15 heavy (non-hydrogen) atoms. The molecule has 0 saturated carbocycles. The van der Waals surface area contributed by atoms with Crippen LogP contribution in [0.25, 0.3) is 0 Å². The molecule has 1 N–H and O–H groups in total. The van der Waals surface area contributed by atoms with Crippen molar-refractivity contribution in [2.75, 3.05) is 5.32 Å². The Kier molecular flexibility index (Phi) is 2.67. The van der Waals surface area contributed by atoms with Crippen LogP contribution < -0.4 is 5.32 Å². The van der Waals surface area contributed by atoms with Gasteiger partial charge in [0, 0.05) is 0 Å². The molecular weight excluding hydrogens is 195 g/mol. The van der Waals surface area contributed by atoms with Crippen molar-refractivity contribution >= 4 is 5.69 Å². The fourth-order valence-electron chi connectivity index (χ4n) is 1.28. The second-order valence-corrected chi connectivity index (χ2v) is 3.30. The second-order valence-electron chi connectivity index (χ2n) is 3.30. The number of halogens is 1. The van der Waals surface area contributed by atoms with Crippen LogP contribution in [0.15, 0.2) is 35.2 Å². The predicted octanol–water partition coefficient (Wildman–Crippen LogP) is 2.73. The van der Waals surface area contributed by atoms with Crippen molar-refractivity contribution in [2.45, 2.75) is 13.5 Å². The maximum atomic E-state index is 13.4. The Morgan fingerprint density at radius 1 is 1.47 bits per heavy atom. The number of aromatic nitrogens is 1. The lowest BCUT2D eigenvalue weighted by molar-refractivity contribution is 0.511. The lowest BCUT2D eigenvalue weighted by atomic mass is 10.2. The first-order valence-corrected chi connectivity index (χ1v) is 4.63. The molecule has 2 rings (SSSR count). The van der Waals surface area contributed by atoms with Crippen LogP contribution in [0.2, 0.25) is 0 Å². The van der Waals surface area contributed by atoms with E-state index in [0.29, 0.717) is 18.0 Å². The van der Waals surface area contributed by atoms with Crippen LogP contribution >= 0.6 is 0 Å². The van der Waals surface area contributed by atoms with Crippen LogP contribution in [0.4, 0.5) is 10.1 Å². The van der Waals surface area contributed by atoms with Gasteiger partial charge in [0.1, 0.15) is 11.6 Å². The summed E-state index contributed by atoms with van der Waals surface area (Å²) < 4.78 is 18.4. The van der Waals surface area contributed by atoms with E-state index in [1.54, 1.807) is 12.3 Å². The van der Waals surface area contributed by atoms with Crippen LogP contribution in [-0.4, -0.2) is 4.98 Å². The predicted molar refractivity (Wildman–Crippen MR) is 55.0 cm³/mol. The molecule has 0 spiro atoms. The van der Waals surface area contributed by atoms with Gasteiger partial charge in [-0.2, -0.15) is 0 Å². The zero-order valence-electron chi connectivity index (χ0n) is 8.33. The van der Waals surface area contributed by atoms with Crippen molar-refractivity contribution in [1.82, 2.24) is 4.98 Å². The zero-order chi connectivity index (χ0) is 10.7. The molecule has 1 aromatic heterocycles. The van der Waals surface area contributed by atoms with Crippen molar-refractivity contribution in [1.29, 1.82) is 0 Å². The van der Waals surface area contributed by atoms with Gasteiger partial charge in [-0.1, -0.05) is 6.07 Å². The summed E-state index contributed by atoms with van der Waals surface area (Å²) in [5.74, 6) is 0.421. The second kappa shape index (κ2) is 4.13. The Bertz CT molecular complexity index is 440. The van der Waals surface area contributed by atoms with E-state index in [9.17, 15) is 4.39 Å². The number of nitrogens with one attached hydrogen (secondary N) is 1. The van der Waals surface area contributed by atoms with Crippen molar-refractivity contribution in [3.63, 3.8) is 0 Å². The van der Waals surface area contributed by atoms with Gasteiger partial charge in [-0.05, 0) is 24.6 Å². The number of anilines is 1. The summed E-state index contributed by atoms with van der Waals surface area (Å²) in [5, 5.41) is 2.93. The third-order valence-electron chi connectivity index (χ3n) is 2.06. The highest BCUT2D eigenvalue weighted by Crippen LogP contribution is 2.16. The SMILES string of the molecule is Cc1ccc(NCc2cnco2)c(F)c1. The Morgan fingerprint density at radius 3 is 3.00 bits per heavy atom. The van der Waals surface area contributed by atoms with Crippen molar-refractivity contribution in [2.24, 2.45) is 0 Å². The standard InChI is InChI=1S/C11H11FN2O/c1-8-2-3-11(10(12)4-8)14-6-9-5-13-7-15-9/h2-5,7,14H,6H2,1H3. The fourth-order valence-corrected chi connectivity index (χ4v) is 1.28. The molecule has 0 amide bonds. The molecule has 2 aromatic rings. The van der Waals surface area contributed by atoms with Crippen LogP contribution in [-0.2, 0) is 6.54 Å². The molecule has 78 valence electrons. The summed E-state index contributed by atoms with van der Waals surface area (Å²) in [5.41, 5.74) is 1.37. The highest BCUT2D eigenvalue weighted by Gasteiger charge is 2.02. The minimum atomic E-state index is -0.255. The molecule has 0 fully saturated rings. The quantitative estimate of drug-likeness (QED) is 0.839. The average molecular weight is 206 g/mol. The van der Waals surface area contributed by atoms with Crippen LogP contribution in [0.3, 0.4) is 0 Å². The number of benzene rings is 1. The average Bonchev–Trinajstić information content (AvgIpc) is 2.69. The number of hydrogen-bond acceptors (Lipinski definition) is 3. The number of nitrogens with zero attached hydrogens (tertiary/aromatic N) is 1. The van der Waals surface area contributed by atoms with Gasteiger partial charge in [0.15, 0.2) is 6.39 Å². The summed E-state index contributed by atoms with van der Waals surface area (Å²) in [4.78, 5) is 3.77. The van der Waals surface area contributed by atoms with Gasteiger partial charge < -0.3 is 9.73 Å². The smallest absolute Gasteiger partial charge is 0.180 e. The fraction of sp³-hybridized carbons (Fsp3) is 0.182. The molecule has 3 nitrogen and oxygen atoms in total. The van der Waals surface area contributed by atoms with Gasteiger partial charge in [0.2, 0.25) is 0 Å². The summed E-state index contributed by atoms with van der Waals surface area (Å²) >= 11 is 0. The summed E-state index contributed by atoms with van der Waals surface area (Å²) in [7, 11) is 0. The van der Waals surface area contributed by atoms with Crippen LogP contribution in [0.1, 0.15) is 11.3 Å². The zero-order valence-corrected chi connectivity index (χ0v) is 8.33. The maximum absolute atomic E-state index is 13.4. The number of rotatable bonds is 3. The Morgan fingerprint density at radius 2 is 2.33 bits per heavy atom. The first-order chi connectivity index (χ1) is 7.25. The van der Waals surface area contributed by atoms with E-state index in [-0.39, 0.29) is 5.82 Å². The van der Waals surface area contributed by atoms with E-state index in [2.05, 4.69) is 10.3 Å². The topological polar surface area (TPSA) is 38.1 Å². The molecule has 0 aliphatic heterocycles. The molecule has 0 aliphatic carbocycles. The third-order valence-corrected chi connectivity index (χ3v) is 2.06. The van der Waals surface area contributed by atoms with E-state index >= 15 is 0 Å². The van der Waals surface area contributed by atoms with Gasteiger partial charge in [-0.25, -0.2) is 9.37 Å². The summed E-state index contributed by atoms with van der Waals surface area (Å²) in [6.07, 6.45) is 2.95. The van der Waals surface area contributed by atoms with Crippen molar-refractivity contribution in [3.05, 3.63) is 47.9 Å². The van der Waals surface area contributed by atoms with Gasteiger partial charge >= 0.3 is 0 Å². The molecule has 0 radical (unpaired) electrons. The van der Waals surface area contributed by atoms with Gasteiger partial charge in [0.05, 0.1) is 18.4 Å². The highest BCUT2D eigenvalue weighted by molar-refractivity contribution is 5.46. The van der Waals surface area contributed by atoms with E-state index in [1.807, 2.05) is 13.0 Å². The molecular formula is C11H11FN2O. The van der Waals surface area contributed by atoms with E-state index in [0.717, 1.165) is 5.56 Å². The van der Waals surface area contributed by atoms with E-state index in [4.69, 9.17) is 4.42 Å². The molecule has 0 aliphatic rings. The third kappa shape index (κ3) is 2.34. The van der Waals surface area contributed by atoms with Crippen molar-refractivity contribution in [3.8, 4) is 0 Å². The summed E-state index contributed by atoms with van der Waals surface area (Å²) in [6.45, 7) is 2.28. The van der Waals surface area contributed by atoms with Gasteiger partial charge in [0.25, 0.3) is 0 Å². The van der Waals surface area contributed by atoms with Gasteiger partial charge in [-0.15, -0.1) is 0 Å².